The summed E-state index contributed by atoms with van der Waals surface area (Å²) in [5.74, 6) is -2.48. The Morgan fingerprint density at radius 3 is 2.35 bits per heavy atom. The van der Waals surface area contributed by atoms with Crippen molar-refractivity contribution in [2.45, 2.75) is 24.9 Å². The topological polar surface area (TPSA) is 128 Å². The van der Waals surface area contributed by atoms with Crippen LogP contribution in [-0.2, 0) is 22.4 Å². The number of hydrogen-bond acceptors (Lipinski definition) is 7. The number of aromatic hydroxyl groups is 4. The Kier molecular flexibility index (Phi) is 6.26. The van der Waals surface area contributed by atoms with E-state index in [0.717, 1.165) is 0 Å². The number of fused-ring (bicyclic) bond motifs is 1. The van der Waals surface area contributed by atoms with Crippen molar-refractivity contribution in [1.29, 1.82) is 0 Å². The van der Waals surface area contributed by atoms with E-state index in [4.69, 9.17) is 16.3 Å². The molecule has 0 unspecified atom stereocenters. The summed E-state index contributed by atoms with van der Waals surface area (Å²) >= 11 is 6.10. The molecule has 0 fully saturated rings. The molecule has 8 nitrogen and oxygen atoms in total. The van der Waals surface area contributed by atoms with Gasteiger partial charge in [-0.15, -0.1) is 0 Å². The molecule has 1 amide bonds. The highest BCUT2D eigenvalue weighted by atomic mass is 35.5. The molecule has 34 heavy (non-hydrogen) atoms. The van der Waals surface area contributed by atoms with Crippen LogP contribution in [-0.4, -0.2) is 50.4 Å². The number of carbonyl (C=O) groups excluding carboxylic acids is 2. The third-order valence-electron chi connectivity index (χ3n) is 5.93. The lowest BCUT2D eigenvalue weighted by atomic mass is 9.84. The smallest absolute Gasteiger partial charge is 0.328 e. The van der Waals surface area contributed by atoms with E-state index in [9.17, 15) is 30.0 Å². The molecule has 1 aliphatic rings. The zero-order valence-electron chi connectivity index (χ0n) is 18.1. The first-order valence-electron chi connectivity index (χ1n) is 10.4. The van der Waals surface area contributed by atoms with E-state index in [1.165, 1.54) is 42.3 Å². The second kappa shape index (κ2) is 9.15. The van der Waals surface area contributed by atoms with E-state index in [-0.39, 0.29) is 41.4 Å². The van der Waals surface area contributed by atoms with Gasteiger partial charge >= 0.3 is 5.97 Å². The number of ether oxygens (including phenoxy) is 1. The number of phenols is 4. The van der Waals surface area contributed by atoms with E-state index < -0.39 is 24.0 Å². The van der Waals surface area contributed by atoms with Gasteiger partial charge in [0.25, 0.3) is 5.91 Å². The maximum absolute atomic E-state index is 13.7. The summed E-state index contributed by atoms with van der Waals surface area (Å²) in [5, 5.41) is 40.3. The van der Waals surface area contributed by atoms with Gasteiger partial charge in [0.2, 0.25) is 0 Å². The summed E-state index contributed by atoms with van der Waals surface area (Å²) < 4.78 is 4.99. The van der Waals surface area contributed by atoms with Gasteiger partial charge in [0, 0.05) is 17.0 Å². The van der Waals surface area contributed by atoms with Gasteiger partial charge in [-0.3, -0.25) is 4.79 Å². The Hall–Kier alpha value is -3.91. The summed E-state index contributed by atoms with van der Waals surface area (Å²) in [7, 11) is 1.22. The first kappa shape index (κ1) is 23.3. The number of carbonyl (C=O) groups is 2. The Labute approximate surface area is 200 Å². The van der Waals surface area contributed by atoms with Gasteiger partial charge in [0.15, 0.2) is 23.0 Å². The normalized spacial score (nSPS) is 17.2. The van der Waals surface area contributed by atoms with Crippen LogP contribution < -0.4 is 0 Å². The predicted octanol–water partition coefficient (Wildman–Crippen LogP) is 3.69. The van der Waals surface area contributed by atoms with Gasteiger partial charge < -0.3 is 30.1 Å². The molecule has 0 radical (unpaired) electrons. The van der Waals surface area contributed by atoms with Gasteiger partial charge in [-0.05, 0) is 65.6 Å². The molecular formula is C25H22ClNO7. The number of phenolic OH excluding ortho intramolecular Hbond substituents is 4. The highest BCUT2D eigenvalue weighted by Crippen LogP contribution is 2.42. The zero-order chi connectivity index (χ0) is 24.6. The number of nitrogens with zero attached hydrogens (tertiary/aromatic N) is 1. The lowest BCUT2D eigenvalue weighted by molar-refractivity contribution is -0.147. The fourth-order valence-corrected chi connectivity index (χ4v) is 4.50. The van der Waals surface area contributed by atoms with E-state index >= 15 is 0 Å². The van der Waals surface area contributed by atoms with Crippen LogP contribution in [0.1, 0.15) is 33.1 Å². The SMILES string of the molecule is COC(=O)[C@@H]1Cc2cc(O)c(O)cc2[C@H](Cc2ccc(O)c(O)c2)N1C(=O)c1cccc(Cl)c1. The zero-order valence-corrected chi connectivity index (χ0v) is 18.9. The molecule has 176 valence electrons. The fraction of sp³-hybridized carbons (Fsp3) is 0.200. The van der Waals surface area contributed by atoms with E-state index in [2.05, 4.69) is 0 Å². The number of amides is 1. The fourth-order valence-electron chi connectivity index (χ4n) is 4.31. The highest BCUT2D eigenvalue weighted by molar-refractivity contribution is 6.31. The van der Waals surface area contributed by atoms with Crippen molar-refractivity contribution < 1.29 is 34.8 Å². The third-order valence-corrected chi connectivity index (χ3v) is 6.16. The standard InChI is InChI=1S/C25H22ClNO7/c1-34-25(33)19-10-15-11-22(30)23(31)12-17(15)18(7-13-5-6-20(28)21(29)8-13)27(19)24(32)14-3-2-4-16(26)9-14/h2-6,8-9,11-12,18-19,28-31H,7,10H2,1H3/t18-,19-/m0/s1. The van der Waals surface area contributed by atoms with Crippen LogP contribution in [0.25, 0.3) is 0 Å². The average Bonchev–Trinajstić information content (AvgIpc) is 2.81. The minimum absolute atomic E-state index is 0.0550. The molecule has 0 saturated heterocycles. The Bertz CT molecular complexity index is 1280. The molecule has 4 rings (SSSR count). The predicted molar refractivity (Wildman–Crippen MR) is 123 cm³/mol. The van der Waals surface area contributed by atoms with Crippen LogP contribution in [0, 0.1) is 0 Å². The molecule has 0 aliphatic carbocycles. The maximum atomic E-state index is 13.7. The number of esters is 1. The Morgan fingerprint density at radius 1 is 0.971 bits per heavy atom. The minimum Gasteiger partial charge on any atom is -0.504 e. The van der Waals surface area contributed by atoms with Gasteiger partial charge in [-0.2, -0.15) is 0 Å². The van der Waals surface area contributed by atoms with Gasteiger partial charge in [-0.25, -0.2) is 4.79 Å². The number of hydrogen-bond donors (Lipinski definition) is 4. The van der Waals surface area contributed by atoms with E-state index in [1.54, 1.807) is 24.3 Å². The summed E-state index contributed by atoms with van der Waals surface area (Å²) in [5.41, 5.74) is 1.91. The van der Waals surface area contributed by atoms with Crippen molar-refractivity contribution in [3.05, 3.63) is 81.9 Å². The molecule has 9 heteroatoms. The van der Waals surface area contributed by atoms with Gasteiger partial charge in [0.1, 0.15) is 6.04 Å². The third kappa shape index (κ3) is 4.32. The number of rotatable bonds is 4. The molecule has 4 N–H and O–H groups in total. The molecule has 1 heterocycles. The lowest BCUT2D eigenvalue weighted by Gasteiger charge is -2.42. The van der Waals surface area contributed by atoms with Crippen LogP contribution in [0.2, 0.25) is 5.02 Å². The largest absolute Gasteiger partial charge is 0.504 e. The molecule has 0 bridgehead atoms. The highest BCUT2D eigenvalue weighted by Gasteiger charge is 2.42. The quantitative estimate of drug-likeness (QED) is 0.329. The first-order chi connectivity index (χ1) is 16.2. The summed E-state index contributed by atoms with van der Waals surface area (Å²) in [4.78, 5) is 27.9. The molecular weight excluding hydrogens is 462 g/mol. The van der Waals surface area contributed by atoms with Crippen molar-refractivity contribution in [3.63, 3.8) is 0 Å². The number of benzene rings is 3. The van der Waals surface area contributed by atoms with Crippen LogP contribution in [0.5, 0.6) is 23.0 Å². The minimum atomic E-state index is -1.02. The molecule has 1 aliphatic heterocycles. The first-order valence-corrected chi connectivity index (χ1v) is 10.8. The molecule has 0 saturated carbocycles. The maximum Gasteiger partial charge on any atom is 0.328 e. The van der Waals surface area contributed by atoms with Gasteiger partial charge in [0.05, 0.1) is 13.2 Å². The van der Waals surface area contributed by atoms with Gasteiger partial charge in [-0.1, -0.05) is 23.7 Å². The van der Waals surface area contributed by atoms with Crippen molar-refractivity contribution in [2.75, 3.05) is 7.11 Å². The summed E-state index contributed by atoms with van der Waals surface area (Å²) in [6.07, 6.45) is 0.185. The molecule has 0 spiro atoms. The average molecular weight is 484 g/mol. The summed E-state index contributed by atoms with van der Waals surface area (Å²) in [6, 6.07) is 11.5. The number of halogens is 1. The lowest BCUT2D eigenvalue weighted by Crippen LogP contribution is -2.52. The molecule has 3 aromatic carbocycles. The molecule has 3 aromatic rings. The molecule has 0 aromatic heterocycles. The van der Waals surface area contributed by atoms with Crippen molar-refractivity contribution >= 4 is 23.5 Å². The van der Waals surface area contributed by atoms with Crippen LogP contribution in [0.3, 0.4) is 0 Å². The van der Waals surface area contributed by atoms with Crippen LogP contribution in [0.15, 0.2) is 54.6 Å². The second-order valence-corrected chi connectivity index (χ2v) is 8.49. The van der Waals surface area contributed by atoms with Crippen molar-refractivity contribution in [1.82, 2.24) is 4.90 Å². The van der Waals surface area contributed by atoms with Crippen molar-refractivity contribution in [2.24, 2.45) is 0 Å². The van der Waals surface area contributed by atoms with Crippen molar-refractivity contribution in [3.8, 4) is 23.0 Å². The van der Waals surface area contributed by atoms with E-state index in [1.807, 2.05) is 0 Å². The van der Waals surface area contributed by atoms with Crippen LogP contribution >= 0.6 is 11.6 Å². The Morgan fingerprint density at radius 2 is 1.68 bits per heavy atom. The monoisotopic (exact) mass is 483 g/mol. The number of methoxy groups -OCH3 is 1. The van der Waals surface area contributed by atoms with E-state index in [0.29, 0.717) is 21.7 Å². The Balaban J connectivity index is 1.89. The van der Waals surface area contributed by atoms with Crippen LogP contribution in [0.4, 0.5) is 0 Å². The summed E-state index contributed by atoms with van der Waals surface area (Å²) in [6.45, 7) is 0. The molecule has 2 atom stereocenters. The second-order valence-electron chi connectivity index (χ2n) is 8.05.